The number of nitrogens with one attached hydrogen (secondary N) is 2. The Bertz CT molecular complexity index is 523. The molecule has 0 bridgehead atoms. The molecule has 0 aromatic heterocycles. The van der Waals surface area contributed by atoms with E-state index in [1.807, 2.05) is 12.1 Å². The molecule has 5 nitrogen and oxygen atoms in total. The fraction of sp³-hybridized carbons (Fsp3) is 0.571. The van der Waals surface area contributed by atoms with Gasteiger partial charge < -0.3 is 5.32 Å². The summed E-state index contributed by atoms with van der Waals surface area (Å²) in [5.74, 6) is 0.715. The maximum Gasteiger partial charge on any atom is 0.296 e. The Morgan fingerprint density at radius 2 is 1.75 bits per heavy atom. The SMILES string of the molecule is NS(=O)(=O)Nc1cccc(NCC2CCCCCC2)c1. The molecule has 0 atom stereocenters. The fourth-order valence-corrected chi connectivity index (χ4v) is 3.14. The van der Waals surface area contributed by atoms with Crippen LogP contribution in [0.5, 0.6) is 0 Å². The normalized spacial score (nSPS) is 17.4. The molecule has 2 rings (SSSR count). The van der Waals surface area contributed by atoms with E-state index in [-0.39, 0.29) is 0 Å². The molecule has 0 spiro atoms. The van der Waals surface area contributed by atoms with Crippen molar-refractivity contribution in [1.29, 1.82) is 0 Å². The van der Waals surface area contributed by atoms with Gasteiger partial charge >= 0.3 is 0 Å². The van der Waals surface area contributed by atoms with Crippen LogP contribution in [0.4, 0.5) is 11.4 Å². The van der Waals surface area contributed by atoms with Gasteiger partial charge in [-0.25, -0.2) is 5.14 Å². The summed E-state index contributed by atoms with van der Waals surface area (Å²) in [6, 6.07) is 7.19. The van der Waals surface area contributed by atoms with Crippen LogP contribution >= 0.6 is 0 Å². The summed E-state index contributed by atoms with van der Waals surface area (Å²) in [6.07, 6.45) is 7.90. The topological polar surface area (TPSA) is 84.2 Å². The van der Waals surface area contributed by atoms with Crippen LogP contribution in [-0.2, 0) is 10.2 Å². The molecule has 1 aromatic rings. The Morgan fingerprint density at radius 1 is 1.10 bits per heavy atom. The predicted molar refractivity (Wildman–Crippen MR) is 82.9 cm³/mol. The van der Waals surface area contributed by atoms with Gasteiger partial charge in [-0.05, 0) is 37.0 Å². The van der Waals surface area contributed by atoms with Gasteiger partial charge in [-0.3, -0.25) is 4.72 Å². The van der Waals surface area contributed by atoms with Crippen LogP contribution in [0.1, 0.15) is 38.5 Å². The highest BCUT2D eigenvalue weighted by atomic mass is 32.2. The van der Waals surface area contributed by atoms with Crippen LogP contribution in [0.25, 0.3) is 0 Å². The molecule has 0 heterocycles. The lowest BCUT2D eigenvalue weighted by atomic mass is 10.0. The van der Waals surface area contributed by atoms with Crippen molar-refractivity contribution in [3.05, 3.63) is 24.3 Å². The summed E-state index contributed by atoms with van der Waals surface area (Å²) in [6.45, 7) is 0.943. The maximum absolute atomic E-state index is 11.0. The zero-order chi connectivity index (χ0) is 14.4. The summed E-state index contributed by atoms with van der Waals surface area (Å²) in [7, 11) is -3.71. The summed E-state index contributed by atoms with van der Waals surface area (Å²) in [5, 5.41) is 8.36. The van der Waals surface area contributed by atoms with E-state index < -0.39 is 10.2 Å². The number of nitrogens with two attached hydrogens (primary N) is 1. The molecular formula is C14H23N3O2S. The average molecular weight is 297 g/mol. The van der Waals surface area contributed by atoms with Crippen LogP contribution in [0.3, 0.4) is 0 Å². The highest BCUT2D eigenvalue weighted by Gasteiger charge is 2.12. The van der Waals surface area contributed by atoms with E-state index in [2.05, 4.69) is 10.0 Å². The first-order valence-corrected chi connectivity index (χ1v) is 8.72. The Morgan fingerprint density at radius 3 is 2.40 bits per heavy atom. The van der Waals surface area contributed by atoms with E-state index in [1.165, 1.54) is 38.5 Å². The zero-order valence-electron chi connectivity index (χ0n) is 11.6. The molecule has 20 heavy (non-hydrogen) atoms. The molecule has 0 amide bonds. The van der Waals surface area contributed by atoms with Gasteiger partial charge in [0.2, 0.25) is 0 Å². The molecule has 1 aromatic carbocycles. The highest BCUT2D eigenvalue weighted by Crippen LogP contribution is 2.24. The van der Waals surface area contributed by atoms with E-state index >= 15 is 0 Å². The number of anilines is 2. The summed E-state index contributed by atoms with van der Waals surface area (Å²) in [4.78, 5) is 0. The Labute approximate surface area is 121 Å². The Hall–Kier alpha value is -1.27. The van der Waals surface area contributed by atoms with Crippen molar-refractivity contribution in [2.24, 2.45) is 11.1 Å². The Kier molecular flexibility index (Phi) is 5.25. The van der Waals surface area contributed by atoms with Gasteiger partial charge in [0.05, 0.1) is 5.69 Å². The number of hydrogen-bond donors (Lipinski definition) is 3. The van der Waals surface area contributed by atoms with Gasteiger partial charge in [-0.15, -0.1) is 0 Å². The van der Waals surface area contributed by atoms with Gasteiger partial charge in [0, 0.05) is 12.2 Å². The predicted octanol–water partition coefficient (Wildman–Crippen LogP) is 2.68. The first-order valence-electron chi connectivity index (χ1n) is 7.17. The van der Waals surface area contributed by atoms with Crippen molar-refractivity contribution in [1.82, 2.24) is 0 Å². The Balaban J connectivity index is 1.90. The molecule has 1 fully saturated rings. The van der Waals surface area contributed by atoms with Gasteiger partial charge in [-0.2, -0.15) is 8.42 Å². The molecule has 0 aliphatic heterocycles. The number of hydrogen-bond acceptors (Lipinski definition) is 3. The molecular weight excluding hydrogens is 274 g/mol. The van der Waals surface area contributed by atoms with Crippen LogP contribution in [0, 0.1) is 5.92 Å². The minimum atomic E-state index is -3.71. The van der Waals surface area contributed by atoms with Gasteiger partial charge in [0.1, 0.15) is 0 Å². The smallest absolute Gasteiger partial charge is 0.296 e. The lowest BCUT2D eigenvalue weighted by Gasteiger charge is -2.16. The molecule has 0 radical (unpaired) electrons. The van der Waals surface area contributed by atoms with Gasteiger partial charge in [-0.1, -0.05) is 31.7 Å². The van der Waals surface area contributed by atoms with Crippen molar-refractivity contribution in [2.45, 2.75) is 38.5 Å². The monoisotopic (exact) mass is 297 g/mol. The summed E-state index contributed by atoms with van der Waals surface area (Å²) in [5.41, 5.74) is 1.40. The molecule has 1 aliphatic rings. The molecule has 1 saturated carbocycles. The molecule has 0 unspecified atom stereocenters. The van der Waals surface area contributed by atoms with Crippen molar-refractivity contribution in [3.63, 3.8) is 0 Å². The molecule has 6 heteroatoms. The zero-order valence-corrected chi connectivity index (χ0v) is 12.5. The lowest BCUT2D eigenvalue weighted by Crippen LogP contribution is -2.21. The van der Waals surface area contributed by atoms with Crippen LogP contribution in [-0.4, -0.2) is 15.0 Å². The van der Waals surface area contributed by atoms with Crippen molar-refractivity contribution in [2.75, 3.05) is 16.6 Å². The molecule has 1 aliphatic carbocycles. The molecule has 4 N–H and O–H groups in total. The maximum atomic E-state index is 11.0. The second-order valence-electron chi connectivity index (χ2n) is 5.47. The largest absolute Gasteiger partial charge is 0.385 e. The second-order valence-corrected chi connectivity index (χ2v) is 6.76. The van der Waals surface area contributed by atoms with E-state index in [0.29, 0.717) is 11.6 Å². The van der Waals surface area contributed by atoms with E-state index in [9.17, 15) is 8.42 Å². The third-order valence-electron chi connectivity index (χ3n) is 3.69. The fourth-order valence-electron chi connectivity index (χ4n) is 2.69. The quantitative estimate of drug-likeness (QED) is 0.731. The molecule has 0 saturated heterocycles. The number of benzene rings is 1. The van der Waals surface area contributed by atoms with Crippen LogP contribution < -0.4 is 15.2 Å². The number of rotatable bonds is 5. The standard InChI is InChI=1S/C14H23N3O2S/c15-20(18,19)17-14-9-5-8-13(10-14)16-11-12-6-3-1-2-4-7-12/h5,8-10,12,16-17H,1-4,6-7,11H2,(H2,15,18,19). The van der Waals surface area contributed by atoms with E-state index in [1.54, 1.807) is 12.1 Å². The minimum Gasteiger partial charge on any atom is -0.385 e. The molecule has 112 valence electrons. The van der Waals surface area contributed by atoms with Gasteiger partial charge in [0.25, 0.3) is 10.2 Å². The van der Waals surface area contributed by atoms with Crippen LogP contribution in [0.15, 0.2) is 24.3 Å². The van der Waals surface area contributed by atoms with Crippen LogP contribution in [0.2, 0.25) is 0 Å². The summed E-state index contributed by atoms with van der Waals surface area (Å²) < 4.78 is 24.3. The van der Waals surface area contributed by atoms with Crippen molar-refractivity contribution in [3.8, 4) is 0 Å². The lowest BCUT2D eigenvalue weighted by molar-refractivity contribution is 0.483. The van der Waals surface area contributed by atoms with E-state index in [0.717, 1.165) is 12.2 Å². The van der Waals surface area contributed by atoms with E-state index in [4.69, 9.17) is 5.14 Å². The average Bonchev–Trinajstić information content (AvgIpc) is 2.63. The summed E-state index contributed by atoms with van der Waals surface area (Å²) >= 11 is 0. The first kappa shape index (κ1) is 15.1. The minimum absolute atomic E-state index is 0.485. The third kappa shape index (κ3) is 5.38. The van der Waals surface area contributed by atoms with Gasteiger partial charge in [0.15, 0.2) is 0 Å². The third-order valence-corrected chi connectivity index (χ3v) is 4.21. The van der Waals surface area contributed by atoms with Crippen molar-refractivity contribution < 1.29 is 8.42 Å². The van der Waals surface area contributed by atoms with Crippen molar-refractivity contribution >= 4 is 21.6 Å². The first-order chi connectivity index (χ1) is 9.53. The highest BCUT2D eigenvalue weighted by molar-refractivity contribution is 7.90. The second kappa shape index (κ2) is 6.95.